The van der Waals surface area contributed by atoms with Gasteiger partial charge in [0, 0.05) is 0 Å². The highest BCUT2D eigenvalue weighted by atomic mass is 16.5. The Morgan fingerprint density at radius 1 is 0.821 bits per heavy atom. The summed E-state index contributed by atoms with van der Waals surface area (Å²) in [5.74, 6) is -0.667. The first kappa shape index (κ1) is 19.6. The summed E-state index contributed by atoms with van der Waals surface area (Å²) in [6, 6.07) is 11.0. The van der Waals surface area contributed by atoms with E-state index in [1.807, 2.05) is 24.3 Å². The van der Waals surface area contributed by atoms with Crippen LogP contribution in [0.3, 0.4) is 0 Å². The van der Waals surface area contributed by atoms with Crippen LogP contribution in [0.2, 0.25) is 0 Å². The van der Waals surface area contributed by atoms with Gasteiger partial charge in [-0.3, -0.25) is 0 Å². The smallest absolute Gasteiger partial charge is 0.338 e. The Morgan fingerprint density at radius 3 is 2.29 bits per heavy atom. The van der Waals surface area contributed by atoms with Crippen molar-refractivity contribution in [1.82, 2.24) is 0 Å². The molecule has 0 aromatic heterocycles. The van der Waals surface area contributed by atoms with E-state index >= 15 is 0 Å². The fourth-order valence-corrected chi connectivity index (χ4v) is 3.42. The summed E-state index contributed by atoms with van der Waals surface area (Å²) >= 11 is 0. The van der Waals surface area contributed by atoms with E-state index in [9.17, 15) is 9.59 Å². The summed E-state index contributed by atoms with van der Waals surface area (Å²) in [6.07, 6.45) is 6.03. The zero-order valence-electron chi connectivity index (χ0n) is 15.9. The van der Waals surface area contributed by atoms with E-state index in [2.05, 4.69) is 13.2 Å². The third-order valence-corrected chi connectivity index (χ3v) is 4.88. The van der Waals surface area contributed by atoms with E-state index in [0.717, 1.165) is 22.3 Å². The van der Waals surface area contributed by atoms with Crippen LogP contribution in [0.5, 0.6) is 0 Å². The molecule has 28 heavy (non-hydrogen) atoms. The highest BCUT2D eigenvalue weighted by Crippen LogP contribution is 2.21. The highest BCUT2D eigenvalue weighted by Gasteiger charge is 2.16. The number of aryl methyl sites for hydroxylation is 1. The Kier molecular flexibility index (Phi) is 6.43. The minimum absolute atomic E-state index is 0.275. The van der Waals surface area contributed by atoms with Crippen LogP contribution in [0, 0.1) is 0 Å². The fraction of sp³-hybridized carbons (Fsp3) is 0.250. The van der Waals surface area contributed by atoms with Crippen LogP contribution < -0.4 is 0 Å². The van der Waals surface area contributed by atoms with E-state index in [4.69, 9.17) is 9.47 Å². The second-order valence-corrected chi connectivity index (χ2v) is 6.67. The van der Waals surface area contributed by atoms with E-state index in [1.54, 1.807) is 24.3 Å². The summed E-state index contributed by atoms with van der Waals surface area (Å²) in [4.78, 5) is 25.0. The Hall–Kier alpha value is -3.14. The number of hydrogen-bond donors (Lipinski definition) is 0. The van der Waals surface area contributed by atoms with Crippen molar-refractivity contribution in [3.63, 3.8) is 0 Å². The minimum Gasteiger partial charge on any atom is -0.462 e. The summed E-state index contributed by atoms with van der Waals surface area (Å²) in [7, 11) is 0. The van der Waals surface area contributed by atoms with Gasteiger partial charge in [0.2, 0.25) is 0 Å². The topological polar surface area (TPSA) is 52.6 Å². The monoisotopic (exact) mass is 376 g/mol. The van der Waals surface area contributed by atoms with Crippen LogP contribution in [0.15, 0.2) is 49.6 Å². The average Bonchev–Trinajstić information content (AvgIpc) is 2.73. The van der Waals surface area contributed by atoms with E-state index in [1.165, 1.54) is 0 Å². The maximum Gasteiger partial charge on any atom is 0.338 e. The van der Waals surface area contributed by atoms with Gasteiger partial charge in [-0.15, -0.1) is 0 Å². The second-order valence-electron chi connectivity index (χ2n) is 6.67. The van der Waals surface area contributed by atoms with Gasteiger partial charge >= 0.3 is 11.9 Å². The summed E-state index contributed by atoms with van der Waals surface area (Å²) in [5.41, 5.74) is 4.80. The van der Waals surface area contributed by atoms with Crippen LogP contribution in [0.1, 0.15) is 55.8 Å². The molecule has 2 bridgehead atoms. The van der Waals surface area contributed by atoms with Crippen molar-refractivity contribution >= 4 is 24.1 Å². The lowest BCUT2D eigenvalue weighted by Gasteiger charge is -2.12. The molecule has 0 aliphatic carbocycles. The molecule has 3 rings (SSSR count). The van der Waals surface area contributed by atoms with Gasteiger partial charge < -0.3 is 9.47 Å². The van der Waals surface area contributed by atoms with E-state index in [0.29, 0.717) is 43.4 Å². The lowest BCUT2D eigenvalue weighted by atomic mass is 9.97. The molecule has 0 N–H and O–H groups in total. The first-order valence-electron chi connectivity index (χ1n) is 9.48. The van der Waals surface area contributed by atoms with Crippen molar-refractivity contribution in [2.24, 2.45) is 0 Å². The Balaban J connectivity index is 1.88. The number of esters is 2. The molecule has 0 radical (unpaired) electrons. The molecular formula is C24H24O4. The maximum atomic E-state index is 12.6. The summed E-state index contributed by atoms with van der Waals surface area (Å²) < 4.78 is 11.0. The number of benzene rings is 2. The first-order valence-corrected chi connectivity index (χ1v) is 9.48. The molecule has 0 spiro atoms. The van der Waals surface area contributed by atoms with Crippen molar-refractivity contribution in [3.05, 3.63) is 82.9 Å². The van der Waals surface area contributed by atoms with Crippen LogP contribution in [-0.2, 0) is 22.3 Å². The molecular weight excluding hydrogens is 352 g/mol. The van der Waals surface area contributed by atoms with Gasteiger partial charge in [0.05, 0.1) is 24.3 Å². The number of cyclic esters (lactones) is 2. The SMILES string of the molecule is C=Cc1ccc2cc1CCCOC(=O)c1cccc(C=C)c1CCCOC2=O. The van der Waals surface area contributed by atoms with Crippen molar-refractivity contribution in [2.75, 3.05) is 13.2 Å². The average molecular weight is 376 g/mol. The van der Waals surface area contributed by atoms with E-state index < -0.39 is 0 Å². The standard InChI is InChI=1S/C24H24O4/c1-3-17-12-13-20-16-19(17)9-6-14-28-24(26)22-10-5-8-18(4-2)21(22)11-7-15-27-23(20)25/h3-5,8,10,12-13,16H,1-2,6-7,9,11,14-15H2. The summed E-state index contributed by atoms with van der Waals surface area (Å²) in [6.45, 7) is 8.24. The third kappa shape index (κ3) is 4.39. The molecule has 0 saturated carbocycles. The predicted octanol–water partition coefficient (Wildman–Crippen LogP) is 4.87. The zero-order chi connectivity index (χ0) is 19.9. The lowest BCUT2D eigenvalue weighted by Crippen LogP contribution is -2.12. The molecule has 1 aliphatic heterocycles. The summed E-state index contributed by atoms with van der Waals surface area (Å²) in [5, 5.41) is 0. The molecule has 4 heteroatoms. The van der Waals surface area contributed by atoms with Crippen molar-refractivity contribution in [1.29, 1.82) is 0 Å². The number of hydrogen-bond acceptors (Lipinski definition) is 4. The lowest BCUT2D eigenvalue weighted by molar-refractivity contribution is 0.0485. The molecule has 1 aliphatic rings. The van der Waals surface area contributed by atoms with Crippen molar-refractivity contribution < 1.29 is 19.1 Å². The van der Waals surface area contributed by atoms with Crippen LogP contribution in [-0.4, -0.2) is 25.2 Å². The molecule has 4 nitrogen and oxygen atoms in total. The Bertz CT molecular complexity index is 911. The first-order chi connectivity index (χ1) is 13.6. The van der Waals surface area contributed by atoms with Gasteiger partial charge in [0.15, 0.2) is 0 Å². The molecule has 1 heterocycles. The van der Waals surface area contributed by atoms with Crippen LogP contribution in [0.25, 0.3) is 12.2 Å². The third-order valence-electron chi connectivity index (χ3n) is 4.88. The van der Waals surface area contributed by atoms with Gasteiger partial charge in [-0.2, -0.15) is 0 Å². The van der Waals surface area contributed by atoms with E-state index in [-0.39, 0.29) is 18.5 Å². The number of carbonyl (C=O) groups excluding carboxylic acids is 2. The molecule has 0 amide bonds. The molecule has 0 fully saturated rings. The maximum absolute atomic E-state index is 12.6. The molecule has 2 aromatic carbocycles. The highest BCUT2D eigenvalue weighted by molar-refractivity contribution is 5.92. The Morgan fingerprint density at radius 2 is 1.54 bits per heavy atom. The molecule has 144 valence electrons. The van der Waals surface area contributed by atoms with Crippen LogP contribution in [0.4, 0.5) is 0 Å². The van der Waals surface area contributed by atoms with Gasteiger partial charge in [0.1, 0.15) is 0 Å². The minimum atomic E-state index is -0.337. The van der Waals surface area contributed by atoms with Gasteiger partial charge in [-0.05, 0) is 66.1 Å². The number of fused-ring (bicyclic) bond motifs is 3. The largest absolute Gasteiger partial charge is 0.462 e. The molecule has 0 saturated heterocycles. The normalized spacial score (nSPS) is 15.3. The van der Waals surface area contributed by atoms with Gasteiger partial charge in [0.25, 0.3) is 0 Å². The van der Waals surface area contributed by atoms with Gasteiger partial charge in [-0.25, -0.2) is 9.59 Å². The van der Waals surface area contributed by atoms with Crippen molar-refractivity contribution in [2.45, 2.75) is 25.7 Å². The molecule has 0 unspecified atom stereocenters. The number of rotatable bonds is 2. The predicted molar refractivity (Wildman–Crippen MR) is 110 cm³/mol. The quantitative estimate of drug-likeness (QED) is 0.702. The van der Waals surface area contributed by atoms with Crippen LogP contribution >= 0.6 is 0 Å². The van der Waals surface area contributed by atoms with Gasteiger partial charge in [-0.1, -0.05) is 43.5 Å². The molecule has 2 aromatic rings. The van der Waals surface area contributed by atoms with Crippen molar-refractivity contribution in [3.8, 4) is 0 Å². The zero-order valence-corrected chi connectivity index (χ0v) is 15.9. The Labute approximate surface area is 165 Å². The molecule has 0 atom stereocenters. The number of ether oxygens (including phenoxy) is 2. The number of carbonyl (C=O) groups is 2. The fourth-order valence-electron chi connectivity index (χ4n) is 3.42. The second kappa shape index (κ2) is 9.18.